The van der Waals surface area contributed by atoms with Crippen LogP contribution in [0.2, 0.25) is 0 Å². The number of amides is 2. The van der Waals surface area contributed by atoms with Crippen LogP contribution in [0.15, 0.2) is 53.5 Å². The van der Waals surface area contributed by atoms with Gasteiger partial charge in [0.15, 0.2) is 0 Å². The second-order valence-corrected chi connectivity index (χ2v) is 7.71. The van der Waals surface area contributed by atoms with Gasteiger partial charge in [0.05, 0.1) is 12.3 Å². The third-order valence-corrected chi connectivity index (χ3v) is 5.23. The van der Waals surface area contributed by atoms with Gasteiger partial charge in [0, 0.05) is 25.6 Å². The molecule has 0 aromatic heterocycles. The van der Waals surface area contributed by atoms with E-state index in [1.54, 1.807) is 0 Å². The smallest absolute Gasteiger partial charge is 0.323 e. The van der Waals surface area contributed by atoms with E-state index in [2.05, 4.69) is 10.3 Å². The molecule has 0 unspecified atom stereocenters. The first kappa shape index (κ1) is 21.4. The molecule has 32 heavy (non-hydrogen) atoms. The number of hydrogen-bond donors (Lipinski definition) is 2. The number of carboxylic acid groups (broad SMARTS) is 1. The van der Waals surface area contributed by atoms with Crippen molar-refractivity contribution in [3.05, 3.63) is 59.7 Å². The lowest BCUT2D eigenvalue weighted by atomic mass is 10.1. The molecule has 2 N–H and O–H groups in total. The van der Waals surface area contributed by atoms with Crippen molar-refractivity contribution in [1.82, 2.24) is 15.1 Å². The minimum Gasteiger partial charge on any atom is -0.494 e. The molecule has 1 saturated heterocycles. The number of nitrogens with zero attached hydrogens (tertiary/aromatic N) is 3. The molecule has 2 aromatic rings. The van der Waals surface area contributed by atoms with Gasteiger partial charge < -0.3 is 19.6 Å². The Kier molecular flexibility index (Phi) is 6.34. The van der Waals surface area contributed by atoms with E-state index >= 15 is 0 Å². The normalized spacial score (nSPS) is 14.2. The van der Waals surface area contributed by atoms with Crippen LogP contribution in [0.25, 0.3) is 0 Å². The van der Waals surface area contributed by atoms with Crippen LogP contribution >= 0.6 is 0 Å². The maximum absolute atomic E-state index is 12.6. The monoisotopic (exact) mass is 436 g/mol. The van der Waals surface area contributed by atoms with Crippen LogP contribution in [0.1, 0.15) is 24.0 Å². The average molecular weight is 436 g/mol. The van der Waals surface area contributed by atoms with Gasteiger partial charge in [-0.3, -0.25) is 19.7 Å². The molecule has 2 aromatic carbocycles. The van der Waals surface area contributed by atoms with Gasteiger partial charge in [0.2, 0.25) is 17.8 Å². The Balaban J connectivity index is 1.29. The fraction of sp³-hybridized carbons (Fsp3) is 0.304. The Hall–Kier alpha value is -3.88. The zero-order chi connectivity index (χ0) is 22.5. The number of guanidine groups is 1. The highest BCUT2D eigenvalue weighted by Crippen LogP contribution is 2.30. The molecule has 9 heteroatoms. The highest BCUT2D eigenvalue weighted by molar-refractivity contribution is 6.05. The van der Waals surface area contributed by atoms with Crippen molar-refractivity contribution >= 4 is 29.4 Å². The Bertz CT molecular complexity index is 1050. The van der Waals surface area contributed by atoms with Crippen LogP contribution in [-0.4, -0.2) is 58.3 Å². The van der Waals surface area contributed by atoms with Crippen molar-refractivity contribution in [2.24, 2.45) is 4.99 Å². The maximum Gasteiger partial charge on any atom is 0.323 e. The zero-order valence-electron chi connectivity index (χ0n) is 17.5. The molecule has 0 spiro atoms. The first-order chi connectivity index (χ1) is 15.5. The van der Waals surface area contributed by atoms with Crippen molar-refractivity contribution in [3.8, 4) is 5.75 Å². The minimum atomic E-state index is -1.04. The first-order valence-corrected chi connectivity index (χ1v) is 10.4. The molecule has 0 aliphatic carbocycles. The van der Waals surface area contributed by atoms with Crippen molar-refractivity contribution in [2.45, 2.75) is 25.9 Å². The minimum absolute atomic E-state index is 0.0677. The number of fused-ring (bicyclic) bond motifs is 2. The van der Waals surface area contributed by atoms with Gasteiger partial charge in [-0.1, -0.05) is 36.4 Å². The Morgan fingerprint density at radius 2 is 1.97 bits per heavy atom. The quantitative estimate of drug-likeness (QED) is 0.581. The van der Waals surface area contributed by atoms with Crippen LogP contribution < -0.4 is 10.1 Å². The van der Waals surface area contributed by atoms with Crippen LogP contribution in [0, 0.1) is 0 Å². The fourth-order valence-electron chi connectivity index (χ4n) is 3.68. The average Bonchev–Trinajstić information content (AvgIpc) is 3.13. The van der Waals surface area contributed by atoms with Gasteiger partial charge in [-0.15, -0.1) is 0 Å². The van der Waals surface area contributed by atoms with E-state index in [0.29, 0.717) is 37.8 Å². The molecular formula is C23H24N4O5. The summed E-state index contributed by atoms with van der Waals surface area (Å²) >= 11 is 0. The number of rotatable bonds is 9. The molecule has 2 aliphatic heterocycles. The Morgan fingerprint density at radius 1 is 1.16 bits per heavy atom. The number of carbonyl (C=O) groups excluding carboxylic acids is 2. The van der Waals surface area contributed by atoms with Crippen molar-refractivity contribution in [2.75, 3.05) is 19.7 Å². The summed E-state index contributed by atoms with van der Waals surface area (Å²) in [6.45, 7) is 1.16. The third kappa shape index (κ3) is 5.23. The molecule has 4 rings (SSSR count). The molecule has 2 amide bonds. The number of ether oxygens (including phenoxy) is 1. The topological polar surface area (TPSA) is 112 Å². The second-order valence-electron chi connectivity index (χ2n) is 7.71. The van der Waals surface area contributed by atoms with Crippen LogP contribution in [0.5, 0.6) is 5.75 Å². The molecular weight excluding hydrogens is 412 g/mol. The number of hydrogen-bond acceptors (Lipinski definition) is 6. The molecule has 0 saturated carbocycles. The predicted molar refractivity (Wildman–Crippen MR) is 116 cm³/mol. The second kappa shape index (κ2) is 9.51. The zero-order valence-corrected chi connectivity index (χ0v) is 17.5. The standard InChI is InChI=1S/C23H24N4O5/c28-20-14-27-13-17-8-9-18(11-19(17)24-23(27)25-20)32-10-4-7-21(29)26(15-22(30)31)12-16-5-2-1-3-6-16/h1-3,5-6,8-9,11H,4,7,10,12-15H2,(H,30,31)(H,24,25,28). The first-order valence-electron chi connectivity index (χ1n) is 10.4. The largest absolute Gasteiger partial charge is 0.494 e. The fourth-order valence-corrected chi connectivity index (χ4v) is 3.68. The summed E-state index contributed by atoms with van der Waals surface area (Å²) in [5.74, 6) is -0.152. The summed E-state index contributed by atoms with van der Waals surface area (Å²) in [7, 11) is 0. The maximum atomic E-state index is 12.6. The highest BCUT2D eigenvalue weighted by Gasteiger charge is 2.29. The summed E-state index contributed by atoms with van der Waals surface area (Å²) in [4.78, 5) is 43.0. The number of aliphatic imine (C=N–C) groups is 1. The number of carbonyl (C=O) groups is 3. The van der Waals surface area contributed by atoms with Crippen LogP contribution in [0.4, 0.5) is 5.69 Å². The van der Waals surface area contributed by atoms with E-state index in [1.807, 2.05) is 53.4 Å². The van der Waals surface area contributed by atoms with Gasteiger partial charge in [-0.25, -0.2) is 4.99 Å². The van der Waals surface area contributed by atoms with Gasteiger partial charge in [0.1, 0.15) is 18.8 Å². The molecule has 0 radical (unpaired) electrons. The SMILES string of the molecule is O=C(O)CN(Cc1ccccc1)C(=O)CCCOc1ccc2c(c1)N=C1NC(=O)CN1C2. The summed E-state index contributed by atoms with van der Waals surface area (Å²) in [5.41, 5.74) is 2.64. The van der Waals surface area contributed by atoms with E-state index < -0.39 is 5.97 Å². The lowest BCUT2D eigenvalue weighted by Crippen LogP contribution is -2.35. The summed E-state index contributed by atoms with van der Waals surface area (Å²) in [6.07, 6.45) is 0.646. The number of benzene rings is 2. The predicted octanol–water partition coefficient (Wildman–Crippen LogP) is 1.89. The third-order valence-electron chi connectivity index (χ3n) is 5.23. The van der Waals surface area contributed by atoms with E-state index in [0.717, 1.165) is 16.8 Å². The van der Waals surface area contributed by atoms with Crippen LogP contribution in [-0.2, 0) is 27.5 Å². The lowest BCUT2D eigenvalue weighted by Gasteiger charge is -2.23. The van der Waals surface area contributed by atoms with E-state index in [4.69, 9.17) is 9.84 Å². The Labute approximate surface area is 185 Å². The van der Waals surface area contributed by atoms with E-state index in [9.17, 15) is 14.4 Å². The molecule has 0 atom stereocenters. The van der Waals surface area contributed by atoms with Crippen LogP contribution in [0.3, 0.4) is 0 Å². The summed E-state index contributed by atoms with van der Waals surface area (Å²) in [5, 5.41) is 11.9. The molecule has 2 heterocycles. The number of nitrogens with one attached hydrogen (secondary N) is 1. The molecule has 0 bridgehead atoms. The highest BCUT2D eigenvalue weighted by atomic mass is 16.5. The number of carboxylic acids is 1. The van der Waals surface area contributed by atoms with Crippen molar-refractivity contribution in [1.29, 1.82) is 0 Å². The molecule has 1 fully saturated rings. The van der Waals surface area contributed by atoms with E-state index in [-0.39, 0.29) is 31.3 Å². The Morgan fingerprint density at radius 3 is 2.75 bits per heavy atom. The summed E-state index contributed by atoms with van der Waals surface area (Å²) in [6, 6.07) is 14.9. The van der Waals surface area contributed by atoms with Crippen molar-refractivity contribution in [3.63, 3.8) is 0 Å². The van der Waals surface area contributed by atoms with Gasteiger partial charge >= 0.3 is 5.97 Å². The number of aliphatic carboxylic acids is 1. The van der Waals surface area contributed by atoms with Gasteiger partial charge in [-0.2, -0.15) is 0 Å². The summed E-state index contributed by atoms with van der Waals surface area (Å²) < 4.78 is 5.78. The van der Waals surface area contributed by atoms with E-state index in [1.165, 1.54) is 4.90 Å². The van der Waals surface area contributed by atoms with Crippen molar-refractivity contribution < 1.29 is 24.2 Å². The van der Waals surface area contributed by atoms with Gasteiger partial charge in [-0.05, 0) is 23.6 Å². The lowest BCUT2D eigenvalue weighted by molar-refractivity contribution is -0.145. The molecule has 166 valence electrons. The molecule has 9 nitrogen and oxygen atoms in total. The van der Waals surface area contributed by atoms with Gasteiger partial charge in [0.25, 0.3) is 0 Å². The molecule has 2 aliphatic rings.